The highest BCUT2D eigenvalue weighted by Gasteiger charge is 2.31. The highest BCUT2D eigenvalue weighted by Crippen LogP contribution is 2.24. The smallest absolute Gasteiger partial charge is 0.0366 e. The van der Waals surface area contributed by atoms with Crippen molar-refractivity contribution in [2.75, 3.05) is 31.1 Å². The highest BCUT2D eigenvalue weighted by molar-refractivity contribution is 5.47. The predicted octanol–water partition coefficient (Wildman–Crippen LogP) is 1.30. The summed E-state index contributed by atoms with van der Waals surface area (Å²) in [7, 11) is 0. The molecule has 0 bridgehead atoms. The van der Waals surface area contributed by atoms with Gasteiger partial charge < -0.3 is 10.6 Å². The molecule has 0 aliphatic carbocycles. The number of benzene rings is 1. The second-order valence-electron chi connectivity index (χ2n) is 5.27. The van der Waals surface area contributed by atoms with Gasteiger partial charge in [-0.25, -0.2) is 0 Å². The molecule has 0 spiro atoms. The molecule has 0 saturated carbocycles. The van der Waals surface area contributed by atoms with E-state index in [1.807, 2.05) is 0 Å². The molecular formula is C14H21N3. The van der Waals surface area contributed by atoms with Gasteiger partial charge in [0.1, 0.15) is 0 Å². The monoisotopic (exact) mass is 231 g/mol. The van der Waals surface area contributed by atoms with Crippen LogP contribution in [0.4, 0.5) is 5.69 Å². The number of hydrogen-bond donors (Lipinski definition) is 1. The third-order valence-corrected chi connectivity index (χ3v) is 4.06. The van der Waals surface area contributed by atoms with Crippen molar-refractivity contribution < 1.29 is 0 Å². The minimum atomic E-state index is 0.403. The lowest BCUT2D eigenvalue weighted by Gasteiger charge is -2.24. The van der Waals surface area contributed by atoms with Gasteiger partial charge in [-0.15, -0.1) is 0 Å². The Morgan fingerprint density at radius 1 is 1.00 bits per heavy atom. The second kappa shape index (κ2) is 4.67. The van der Waals surface area contributed by atoms with Crippen LogP contribution in [0.15, 0.2) is 30.3 Å². The van der Waals surface area contributed by atoms with Gasteiger partial charge in [0.25, 0.3) is 0 Å². The van der Waals surface area contributed by atoms with Crippen LogP contribution in [0.2, 0.25) is 0 Å². The molecule has 2 N–H and O–H groups in total. The Morgan fingerprint density at radius 2 is 1.82 bits per heavy atom. The van der Waals surface area contributed by atoms with Gasteiger partial charge in [0, 0.05) is 44.0 Å². The molecule has 17 heavy (non-hydrogen) atoms. The number of hydrogen-bond acceptors (Lipinski definition) is 3. The SMILES string of the molecule is N[C@@H]1CCN(C2CCN(c3ccccc3)C2)C1. The predicted molar refractivity (Wildman–Crippen MR) is 71.2 cm³/mol. The zero-order valence-corrected chi connectivity index (χ0v) is 10.3. The van der Waals surface area contributed by atoms with Gasteiger partial charge in [0.15, 0.2) is 0 Å². The molecule has 2 atom stereocenters. The summed E-state index contributed by atoms with van der Waals surface area (Å²) in [5.41, 5.74) is 7.34. The first-order valence-corrected chi connectivity index (χ1v) is 6.62. The van der Waals surface area contributed by atoms with Crippen LogP contribution >= 0.6 is 0 Å². The summed E-state index contributed by atoms with van der Waals surface area (Å²) in [5.74, 6) is 0. The highest BCUT2D eigenvalue weighted by atomic mass is 15.3. The van der Waals surface area contributed by atoms with Gasteiger partial charge in [-0.1, -0.05) is 18.2 Å². The maximum atomic E-state index is 5.98. The molecule has 2 fully saturated rings. The van der Waals surface area contributed by atoms with Gasteiger partial charge in [-0.3, -0.25) is 4.90 Å². The van der Waals surface area contributed by atoms with Crippen molar-refractivity contribution in [3.63, 3.8) is 0 Å². The van der Waals surface area contributed by atoms with Crippen LogP contribution in [-0.2, 0) is 0 Å². The van der Waals surface area contributed by atoms with E-state index < -0.39 is 0 Å². The Hall–Kier alpha value is -1.06. The average Bonchev–Trinajstić information content (AvgIpc) is 2.98. The first-order valence-electron chi connectivity index (χ1n) is 6.62. The Bertz CT molecular complexity index is 365. The number of nitrogens with zero attached hydrogens (tertiary/aromatic N) is 2. The molecule has 2 aliphatic heterocycles. The topological polar surface area (TPSA) is 32.5 Å². The molecule has 2 saturated heterocycles. The van der Waals surface area contributed by atoms with Crippen molar-refractivity contribution in [2.24, 2.45) is 5.73 Å². The van der Waals surface area contributed by atoms with Gasteiger partial charge in [0.2, 0.25) is 0 Å². The number of anilines is 1. The van der Waals surface area contributed by atoms with Crippen LogP contribution in [0.3, 0.4) is 0 Å². The average molecular weight is 231 g/mol. The first-order chi connectivity index (χ1) is 8.33. The number of likely N-dealkylation sites (tertiary alicyclic amines) is 1. The van der Waals surface area contributed by atoms with E-state index in [4.69, 9.17) is 5.73 Å². The summed E-state index contributed by atoms with van der Waals surface area (Å²) in [4.78, 5) is 5.07. The fourth-order valence-electron chi connectivity index (χ4n) is 3.06. The summed E-state index contributed by atoms with van der Waals surface area (Å²) < 4.78 is 0. The van der Waals surface area contributed by atoms with E-state index in [-0.39, 0.29) is 0 Å². The fourth-order valence-corrected chi connectivity index (χ4v) is 3.06. The summed E-state index contributed by atoms with van der Waals surface area (Å²) in [6.07, 6.45) is 2.45. The van der Waals surface area contributed by atoms with E-state index in [0.717, 1.165) is 13.1 Å². The maximum absolute atomic E-state index is 5.98. The van der Waals surface area contributed by atoms with Gasteiger partial charge >= 0.3 is 0 Å². The molecule has 2 aliphatic rings. The Morgan fingerprint density at radius 3 is 2.53 bits per heavy atom. The van der Waals surface area contributed by atoms with Gasteiger partial charge in [-0.2, -0.15) is 0 Å². The molecule has 2 heterocycles. The minimum Gasteiger partial charge on any atom is -0.370 e. The van der Waals surface area contributed by atoms with E-state index in [2.05, 4.69) is 40.1 Å². The van der Waals surface area contributed by atoms with E-state index >= 15 is 0 Å². The van der Waals surface area contributed by atoms with E-state index in [1.54, 1.807) is 0 Å². The first kappa shape index (κ1) is 11.1. The van der Waals surface area contributed by atoms with Crippen molar-refractivity contribution in [3.05, 3.63) is 30.3 Å². The normalized spacial score (nSPS) is 30.1. The Kier molecular flexibility index (Phi) is 3.04. The van der Waals surface area contributed by atoms with Crippen LogP contribution in [0, 0.1) is 0 Å². The largest absolute Gasteiger partial charge is 0.370 e. The third kappa shape index (κ3) is 2.31. The van der Waals surface area contributed by atoms with Crippen molar-refractivity contribution in [3.8, 4) is 0 Å². The molecule has 3 rings (SSSR count). The molecule has 0 amide bonds. The standard InChI is InChI=1S/C14H21N3/c15-12-6-8-16(10-12)14-7-9-17(11-14)13-4-2-1-3-5-13/h1-5,12,14H,6-11,15H2/t12-,14?/m1/s1. The molecule has 1 aromatic rings. The Balaban J connectivity index is 1.62. The lowest BCUT2D eigenvalue weighted by atomic mass is 10.2. The molecule has 1 aromatic carbocycles. The summed E-state index contributed by atoms with van der Waals surface area (Å²) >= 11 is 0. The minimum absolute atomic E-state index is 0.403. The van der Waals surface area contributed by atoms with Gasteiger partial charge in [-0.05, 0) is 25.0 Å². The van der Waals surface area contributed by atoms with Crippen LogP contribution in [0.25, 0.3) is 0 Å². The Labute approximate surface area is 103 Å². The zero-order valence-electron chi connectivity index (χ0n) is 10.3. The molecule has 3 heteroatoms. The van der Waals surface area contributed by atoms with Crippen LogP contribution in [-0.4, -0.2) is 43.2 Å². The molecule has 1 unspecified atom stereocenters. The number of para-hydroxylation sites is 1. The van der Waals surface area contributed by atoms with Crippen molar-refractivity contribution in [1.82, 2.24) is 4.90 Å². The van der Waals surface area contributed by atoms with Gasteiger partial charge in [0.05, 0.1) is 0 Å². The molecule has 0 aromatic heterocycles. The van der Waals surface area contributed by atoms with Crippen LogP contribution < -0.4 is 10.6 Å². The lowest BCUT2D eigenvalue weighted by molar-refractivity contribution is 0.257. The van der Waals surface area contributed by atoms with E-state index in [0.29, 0.717) is 12.1 Å². The summed E-state index contributed by atoms with van der Waals surface area (Å²) in [6.45, 7) is 4.62. The molecule has 0 radical (unpaired) electrons. The van der Waals surface area contributed by atoms with E-state index in [9.17, 15) is 0 Å². The maximum Gasteiger partial charge on any atom is 0.0366 e. The lowest BCUT2D eigenvalue weighted by Crippen LogP contribution is -2.37. The summed E-state index contributed by atoms with van der Waals surface area (Å²) in [5, 5.41) is 0. The number of nitrogens with two attached hydrogens (primary N) is 1. The quantitative estimate of drug-likeness (QED) is 0.832. The third-order valence-electron chi connectivity index (χ3n) is 4.06. The molecule has 3 nitrogen and oxygen atoms in total. The van der Waals surface area contributed by atoms with Crippen LogP contribution in [0.5, 0.6) is 0 Å². The van der Waals surface area contributed by atoms with E-state index in [1.165, 1.54) is 31.6 Å². The van der Waals surface area contributed by atoms with Crippen molar-refractivity contribution in [2.45, 2.75) is 24.9 Å². The second-order valence-corrected chi connectivity index (χ2v) is 5.27. The van der Waals surface area contributed by atoms with Crippen molar-refractivity contribution >= 4 is 5.69 Å². The summed E-state index contributed by atoms with van der Waals surface area (Å²) in [6, 6.07) is 11.8. The fraction of sp³-hybridized carbons (Fsp3) is 0.571. The van der Waals surface area contributed by atoms with Crippen LogP contribution in [0.1, 0.15) is 12.8 Å². The van der Waals surface area contributed by atoms with Crippen molar-refractivity contribution in [1.29, 1.82) is 0 Å². The number of rotatable bonds is 2. The zero-order chi connectivity index (χ0) is 11.7. The molecule has 92 valence electrons. The molecular weight excluding hydrogens is 210 g/mol.